The van der Waals surface area contributed by atoms with E-state index in [1.165, 1.54) is 18.3 Å². The van der Waals surface area contributed by atoms with Crippen LogP contribution in [0.4, 0.5) is 4.79 Å². The number of carbonyl (C=O) groups excluding carboxylic acids is 1. The number of pyridine rings is 1. The number of ether oxygens (including phenoxy) is 1. The predicted octanol–water partition coefficient (Wildman–Crippen LogP) is 2.68. The van der Waals surface area contributed by atoms with E-state index in [2.05, 4.69) is 4.98 Å². The van der Waals surface area contributed by atoms with Crippen molar-refractivity contribution in [1.29, 1.82) is 5.26 Å². The lowest BCUT2D eigenvalue weighted by Crippen LogP contribution is -2.34. The van der Waals surface area contributed by atoms with Gasteiger partial charge in [-0.15, -0.1) is 0 Å². The van der Waals surface area contributed by atoms with E-state index in [1.807, 2.05) is 26.8 Å². The summed E-state index contributed by atoms with van der Waals surface area (Å²) in [5.74, 6) is 0.0778. The van der Waals surface area contributed by atoms with Crippen LogP contribution in [0.5, 0.6) is 5.75 Å². The van der Waals surface area contributed by atoms with Crippen molar-refractivity contribution < 1.29 is 14.6 Å². The second-order valence-electron chi connectivity index (χ2n) is 5.69. The number of hydrogen-bond donors (Lipinski definition) is 1. The van der Waals surface area contributed by atoms with Gasteiger partial charge in [-0.1, -0.05) is 0 Å². The average Bonchev–Trinajstić information content (AvgIpc) is 2.92. The van der Waals surface area contributed by atoms with Gasteiger partial charge in [0.2, 0.25) is 0 Å². The molecule has 0 bridgehead atoms. The minimum Gasteiger partial charge on any atom is -0.506 e. The topological polar surface area (TPSA) is 86.5 Å². The summed E-state index contributed by atoms with van der Waals surface area (Å²) in [5.41, 5.74) is -0.0487. The Morgan fingerprint density at radius 3 is 2.43 bits per heavy atom. The van der Waals surface area contributed by atoms with Crippen molar-refractivity contribution in [2.75, 3.05) is 13.1 Å². The van der Waals surface area contributed by atoms with Crippen molar-refractivity contribution in [2.45, 2.75) is 39.2 Å². The fraction of sp³-hybridized carbons (Fsp3) is 0.533. The smallest absolute Gasteiger partial charge is 0.410 e. The largest absolute Gasteiger partial charge is 0.506 e. The van der Waals surface area contributed by atoms with Gasteiger partial charge in [0, 0.05) is 13.1 Å². The molecule has 0 spiro atoms. The Labute approximate surface area is 125 Å². The number of rotatable bonds is 0. The van der Waals surface area contributed by atoms with Gasteiger partial charge in [0.1, 0.15) is 23.1 Å². The number of carbonyl (C=O) groups is 1. The Hall–Kier alpha value is -2.29. The van der Waals surface area contributed by atoms with Crippen LogP contribution in [0.3, 0.4) is 0 Å². The first kappa shape index (κ1) is 16.8. The molecule has 0 aromatic carbocycles. The first-order valence-electron chi connectivity index (χ1n) is 6.85. The second kappa shape index (κ2) is 7.48. The molecule has 1 aromatic heterocycles. The van der Waals surface area contributed by atoms with Crippen LogP contribution in [0.25, 0.3) is 0 Å². The molecule has 1 saturated heterocycles. The molecule has 114 valence electrons. The SMILES string of the molecule is CC(C)(C)OC(=O)N1CCCC1.N#Cc1ccc(O)cn1. The molecule has 0 aliphatic carbocycles. The Kier molecular flexibility index (Phi) is 5.97. The molecule has 1 aliphatic heterocycles. The summed E-state index contributed by atoms with van der Waals surface area (Å²) >= 11 is 0. The van der Waals surface area contributed by atoms with Gasteiger partial charge in [0.05, 0.1) is 6.20 Å². The van der Waals surface area contributed by atoms with Crippen LogP contribution in [0.15, 0.2) is 18.3 Å². The van der Waals surface area contributed by atoms with E-state index in [1.54, 1.807) is 4.90 Å². The van der Waals surface area contributed by atoms with Crippen molar-refractivity contribution in [2.24, 2.45) is 0 Å². The van der Waals surface area contributed by atoms with Crippen molar-refractivity contribution in [3.8, 4) is 11.8 Å². The molecule has 0 atom stereocenters. The Morgan fingerprint density at radius 2 is 2.00 bits per heavy atom. The average molecular weight is 291 g/mol. The van der Waals surface area contributed by atoms with Gasteiger partial charge in [0.15, 0.2) is 0 Å². The number of nitrogens with zero attached hydrogens (tertiary/aromatic N) is 3. The highest BCUT2D eigenvalue weighted by Gasteiger charge is 2.23. The highest BCUT2D eigenvalue weighted by atomic mass is 16.6. The maximum absolute atomic E-state index is 11.4. The monoisotopic (exact) mass is 291 g/mol. The van der Waals surface area contributed by atoms with Crippen LogP contribution in [0.2, 0.25) is 0 Å². The molecule has 21 heavy (non-hydrogen) atoms. The Bertz CT molecular complexity index is 494. The van der Waals surface area contributed by atoms with Gasteiger partial charge >= 0.3 is 6.09 Å². The Balaban J connectivity index is 0.000000219. The molecule has 2 heterocycles. The lowest BCUT2D eigenvalue weighted by Gasteiger charge is -2.23. The van der Waals surface area contributed by atoms with Gasteiger partial charge in [-0.3, -0.25) is 0 Å². The van der Waals surface area contributed by atoms with E-state index in [0.29, 0.717) is 5.69 Å². The summed E-state index contributed by atoms with van der Waals surface area (Å²) in [5, 5.41) is 16.9. The zero-order valence-corrected chi connectivity index (χ0v) is 12.7. The van der Waals surface area contributed by atoms with E-state index in [4.69, 9.17) is 15.1 Å². The van der Waals surface area contributed by atoms with E-state index < -0.39 is 0 Å². The molecule has 1 aromatic rings. The number of aromatic hydroxyl groups is 1. The van der Waals surface area contributed by atoms with Crippen LogP contribution in [-0.4, -0.2) is 39.8 Å². The van der Waals surface area contributed by atoms with Crippen LogP contribution >= 0.6 is 0 Å². The minimum atomic E-state index is -0.361. The van der Waals surface area contributed by atoms with Crippen molar-refractivity contribution in [3.63, 3.8) is 0 Å². The molecular weight excluding hydrogens is 270 g/mol. The first-order valence-corrected chi connectivity index (χ1v) is 6.85. The molecule has 6 heteroatoms. The van der Waals surface area contributed by atoms with Gasteiger partial charge in [-0.05, 0) is 45.7 Å². The molecule has 1 amide bonds. The zero-order chi connectivity index (χ0) is 15.9. The molecule has 1 N–H and O–H groups in total. The number of nitriles is 1. The number of aromatic nitrogens is 1. The molecule has 2 rings (SSSR count). The summed E-state index contributed by atoms with van der Waals surface area (Å²) in [7, 11) is 0. The van der Waals surface area contributed by atoms with Crippen LogP contribution in [0.1, 0.15) is 39.3 Å². The third-order valence-electron chi connectivity index (χ3n) is 2.62. The minimum absolute atomic E-state index is 0.0778. The van der Waals surface area contributed by atoms with E-state index in [0.717, 1.165) is 25.9 Å². The van der Waals surface area contributed by atoms with Gasteiger partial charge in [-0.2, -0.15) is 5.26 Å². The molecular formula is C15H21N3O3. The van der Waals surface area contributed by atoms with Crippen LogP contribution in [-0.2, 0) is 4.74 Å². The molecule has 6 nitrogen and oxygen atoms in total. The zero-order valence-electron chi connectivity index (χ0n) is 12.7. The maximum atomic E-state index is 11.4. The number of hydrogen-bond acceptors (Lipinski definition) is 5. The molecule has 0 saturated carbocycles. The lowest BCUT2D eigenvalue weighted by molar-refractivity contribution is 0.0295. The highest BCUT2D eigenvalue weighted by molar-refractivity contribution is 5.68. The molecule has 0 radical (unpaired) electrons. The van der Waals surface area contributed by atoms with Gasteiger partial charge in [-0.25, -0.2) is 9.78 Å². The molecule has 1 fully saturated rings. The molecule has 0 unspecified atom stereocenters. The summed E-state index contributed by atoms with van der Waals surface area (Å²) in [6, 6.07) is 4.71. The lowest BCUT2D eigenvalue weighted by atomic mass is 10.2. The van der Waals surface area contributed by atoms with Crippen molar-refractivity contribution in [1.82, 2.24) is 9.88 Å². The van der Waals surface area contributed by atoms with E-state index in [9.17, 15) is 4.79 Å². The molecule has 1 aliphatic rings. The normalized spacial score (nSPS) is 13.9. The van der Waals surface area contributed by atoms with Crippen molar-refractivity contribution in [3.05, 3.63) is 24.0 Å². The number of amides is 1. The predicted molar refractivity (Wildman–Crippen MR) is 77.7 cm³/mol. The van der Waals surface area contributed by atoms with E-state index >= 15 is 0 Å². The van der Waals surface area contributed by atoms with Crippen molar-refractivity contribution >= 4 is 6.09 Å². The summed E-state index contributed by atoms with van der Waals surface area (Å²) in [4.78, 5) is 16.7. The summed E-state index contributed by atoms with van der Waals surface area (Å²) in [6.45, 7) is 7.38. The third kappa shape index (κ3) is 6.61. The summed E-state index contributed by atoms with van der Waals surface area (Å²) in [6.07, 6.45) is 3.29. The fourth-order valence-corrected chi connectivity index (χ4v) is 1.68. The van der Waals surface area contributed by atoms with E-state index in [-0.39, 0.29) is 17.4 Å². The van der Waals surface area contributed by atoms with Crippen LogP contribution in [0, 0.1) is 11.3 Å². The Morgan fingerprint density at radius 1 is 1.38 bits per heavy atom. The quantitative estimate of drug-likeness (QED) is 0.794. The standard InChI is InChI=1S/C9H17NO2.C6H4N2O/c1-9(2,3)12-8(11)10-6-4-5-7-10;7-3-5-1-2-6(9)4-8-5/h4-7H2,1-3H3;1-2,4,9H. The van der Waals surface area contributed by atoms with Gasteiger partial charge in [0.25, 0.3) is 0 Å². The van der Waals surface area contributed by atoms with Crippen LogP contribution < -0.4 is 0 Å². The third-order valence-corrected chi connectivity index (χ3v) is 2.62. The first-order chi connectivity index (χ1) is 9.81. The fourth-order valence-electron chi connectivity index (χ4n) is 1.68. The highest BCUT2D eigenvalue weighted by Crippen LogP contribution is 2.14. The second-order valence-corrected chi connectivity index (χ2v) is 5.69. The van der Waals surface area contributed by atoms with Gasteiger partial charge < -0.3 is 14.7 Å². The summed E-state index contributed by atoms with van der Waals surface area (Å²) < 4.78 is 5.21. The number of likely N-dealkylation sites (tertiary alicyclic amines) is 1. The maximum Gasteiger partial charge on any atom is 0.410 e.